The minimum Gasteiger partial charge on any atom is -0.314 e. The highest BCUT2D eigenvalue weighted by molar-refractivity contribution is 9.10. The van der Waals surface area contributed by atoms with Gasteiger partial charge < -0.3 is 5.32 Å². The third kappa shape index (κ3) is 4.56. The number of hydrogen-bond donors (Lipinski definition) is 1. The quantitative estimate of drug-likeness (QED) is 0.756. The van der Waals surface area contributed by atoms with Crippen molar-refractivity contribution in [2.45, 2.75) is 45.1 Å². The van der Waals surface area contributed by atoms with E-state index in [9.17, 15) is 0 Å². The third-order valence-electron chi connectivity index (χ3n) is 3.48. The molecule has 0 heterocycles. The molecule has 1 atom stereocenters. The smallest absolute Gasteiger partial charge is 0.0449 e. The molecule has 0 aliphatic heterocycles. The molecule has 1 aliphatic rings. The molecule has 1 unspecified atom stereocenters. The Kier molecular flexibility index (Phi) is 5.53. The van der Waals surface area contributed by atoms with E-state index in [1.54, 1.807) is 0 Å². The van der Waals surface area contributed by atoms with Gasteiger partial charge in [-0.15, -0.1) is 0 Å². The van der Waals surface area contributed by atoms with Crippen molar-refractivity contribution in [2.24, 2.45) is 5.92 Å². The number of rotatable bonds is 7. The van der Waals surface area contributed by atoms with Gasteiger partial charge >= 0.3 is 0 Å². The first-order chi connectivity index (χ1) is 8.69. The summed E-state index contributed by atoms with van der Waals surface area (Å²) in [5, 5.41) is 4.54. The molecular weight excluding hydrogens is 310 g/mol. The minimum atomic E-state index is 0.580. The fraction of sp³-hybridized carbons (Fsp3) is 0.600. The molecule has 0 amide bonds. The molecule has 0 bridgehead atoms. The maximum Gasteiger partial charge on any atom is 0.0449 e. The lowest BCUT2D eigenvalue weighted by molar-refractivity contribution is 0.455. The Morgan fingerprint density at radius 3 is 2.83 bits per heavy atom. The highest BCUT2D eigenvalue weighted by atomic mass is 79.9. The molecule has 18 heavy (non-hydrogen) atoms. The van der Waals surface area contributed by atoms with Gasteiger partial charge in [-0.05, 0) is 49.4 Å². The van der Waals surface area contributed by atoms with Crippen LogP contribution in [-0.4, -0.2) is 12.6 Å². The number of nitrogens with one attached hydrogen (secondary N) is 1. The second-order valence-corrected chi connectivity index (χ2v) is 6.59. The first-order valence-corrected chi connectivity index (χ1v) is 8.03. The molecule has 0 saturated heterocycles. The summed E-state index contributed by atoms with van der Waals surface area (Å²) in [6.45, 7) is 3.32. The summed E-state index contributed by atoms with van der Waals surface area (Å²) in [6.07, 6.45) is 6.36. The van der Waals surface area contributed by atoms with Gasteiger partial charge in [0.05, 0.1) is 0 Å². The maximum absolute atomic E-state index is 6.30. The standard InChI is InChI=1S/C15H21BrClN/c1-2-7-18-14(8-11-3-4-11)9-12-5-6-13(16)10-15(12)17/h5-6,10-11,14,18H,2-4,7-9H2,1H3. The predicted octanol–water partition coefficient (Wildman–Crippen LogP) is 4.81. The lowest BCUT2D eigenvalue weighted by Gasteiger charge is -2.19. The van der Waals surface area contributed by atoms with Crippen LogP contribution in [0, 0.1) is 5.92 Å². The van der Waals surface area contributed by atoms with E-state index in [4.69, 9.17) is 11.6 Å². The van der Waals surface area contributed by atoms with E-state index in [0.29, 0.717) is 6.04 Å². The van der Waals surface area contributed by atoms with Gasteiger partial charge in [-0.1, -0.05) is 53.4 Å². The summed E-state index contributed by atoms with van der Waals surface area (Å²) in [5.41, 5.74) is 1.26. The van der Waals surface area contributed by atoms with Crippen molar-refractivity contribution < 1.29 is 0 Å². The van der Waals surface area contributed by atoms with Crippen molar-refractivity contribution >= 4 is 27.5 Å². The summed E-state index contributed by atoms with van der Waals surface area (Å²) in [4.78, 5) is 0. The van der Waals surface area contributed by atoms with Crippen molar-refractivity contribution in [3.8, 4) is 0 Å². The van der Waals surface area contributed by atoms with Crippen LogP contribution in [0.15, 0.2) is 22.7 Å². The number of benzene rings is 1. The van der Waals surface area contributed by atoms with Crippen LogP contribution in [0.5, 0.6) is 0 Å². The van der Waals surface area contributed by atoms with Gasteiger partial charge in [0.2, 0.25) is 0 Å². The van der Waals surface area contributed by atoms with Crippen molar-refractivity contribution in [3.05, 3.63) is 33.3 Å². The van der Waals surface area contributed by atoms with E-state index in [0.717, 1.165) is 28.4 Å². The zero-order valence-corrected chi connectivity index (χ0v) is 13.2. The Hall–Kier alpha value is -0.0500. The molecule has 0 radical (unpaired) electrons. The largest absolute Gasteiger partial charge is 0.314 e. The molecule has 1 N–H and O–H groups in total. The van der Waals surface area contributed by atoms with Gasteiger partial charge in [0.15, 0.2) is 0 Å². The fourth-order valence-electron chi connectivity index (χ4n) is 2.30. The maximum atomic E-state index is 6.30. The summed E-state index contributed by atoms with van der Waals surface area (Å²) < 4.78 is 1.05. The van der Waals surface area contributed by atoms with E-state index >= 15 is 0 Å². The van der Waals surface area contributed by atoms with Gasteiger partial charge in [-0.2, -0.15) is 0 Å². The molecule has 1 saturated carbocycles. The zero-order valence-electron chi connectivity index (χ0n) is 10.9. The Morgan fingerprint density at radius 2 is 2.22 bits per heavy atom. The third-order valence-corrected chi connectivity index (χ3v) is 4.32. The van der Waals surface area contributed by atoms with Crippen molar-refractivity contribution in [1.29, 1.82) is 0 Å². The summed E-state index contributed by atoms with van der Waals surface area (Å²) in [5.74, 6) is 0.952. The predicted molar refractivity (Wildman–Crippen MR) is 82.3 cm³/mol. The van der Waals surface area contributed by atoms with Crippen LogP contribution < -0.4 is 5.32 Å². The summed E-state index contributed by atoms with van der Waals surface area (Å²) in [6, 6.07) is 6.79. The van der Waals surface area contributed by atoms with Gasteiger partial charge in [-0.25, -0.2) is 0 Å². The number of hydrogen-bond acceptors (Lipinski definition) is 1. The zero-order chi connectivity index (χ0) is 13.0. The summed E-state index contributed by atoms with van der Waals surface area (Å²) >= 11 is 9.76. The monoisotopic (exact) mass is 329 g/mol. The Labute approximate surface area is 123 Å². The molecular formula is C15H21BrClN. The highest BCUT2D eigenvalue weighted by Gasteiger charge is 2.25. The Balaban J connectivity index is 1.96. The average molecular weight is 331 g/mol. The van der Waals surface area contributed by atoms with Gasteiger partial charge in [0, 0.05) is 15.5 Å². The van der Waals surface area contributed by atoms with Gasteiger partial charge in [0.25, 0.3) is 0 Å². The Morgan fingerprint density at radius 1 is 1.44 bits per heavy atom. The van der Waals surface area contributed by atoms with E-state index < -0.39 is 0 Å². The van der Waals surface area contributed by atoms with Crippen LogP contribution >= 0.6 is 27.5 Å². The lowest BCUT2D eigenvalue weighted by Crippen LogP contribution is -2.32. The molecule has 1 fully saturated rings. The average Bonchev–Trinajstić information content (AvgIpc) is 3.13. The van der Waals surface area contributed by atoms with Crippen LogP contribution in [0.3, 0.4) is 0 Å². The molecule has 1 aromatic carbocycles. The SMILES string of the molecule is CCCNC(Cc1ccc(Br)cc1Cl)CC1CC1. The molecule has 0 spiro atoms. The van der Waals surface area contributed by atoms with Crippen LogP contribution in [-0.2, 0) is 6.42 Å². The van der Waals surface area contributed by atoms with Crippen molar-refractivity contribution in [2.75, 3.05) is 6.54 Å². The van der Waals surface area contributed by atoms with Gasteiger partial charge in [-0.3, -0.25) is 0 Å². The van der Waals surface area contributed by atoms with E-state index in [1.807, 2.05) is 6.07 Å². The first-order valence-electron chi connectivity index (χ1n) is 6.86. The highest BCUT2D eigenvalue weighted by Crippen LogP contribution is 2.34. The summed E-state index contributed by atoms with van der Waals surface area (Å²) in [7, 11) is 0. The van der Waals surface area contributed by atoms with Crippen LogP contribution in [0.4, 0.5) is 0 Å². The molecule has 3 heteroatoms. The molecule has 1 aliphatic carbocycles. The molecule has 100 valence electrons. The van der Waals surface area contributed by atoms with E-state index in [-0.39, 0.29) is 0 Å². The van der Waals surface area contributed by atoms with Crippen LogP contribution in [0.1, 0.15) is 38.2 Å². The first kappa shape index (κ1) is 14.4. The number of halogens is 2. The normalized spacial score (nSPS) is 16.8. The molecule has 0 aromatic heterocycles. The van der Waals surface area contributed by atoms with Crippen molar-refractivity contribution in [3.63, 3.8) is 0 Å². The minimum absolute atomic E-state index is 0.580. The van der Waals surface area contributed by atoms with Crippen LogP contribution in [0.2, 0.25) is 5.02 Å². The lowest BCUT2D eigenvalue weighted by atomic mass is 10.0. The van der Waals surface area contributed by atoms with E-state index in [1.165, 1.54) is 31.2 Å². The topological polar surface area (TPSA) is 12.0 Å². The molecule has 2 rings (SSSR count). The van der Waals surface area contributed by atoms with E-state index in [2.05, 4.69) is 40.3 Å². The molecule has 1 aromatic rings. The van der Waals surface area contributed by atoms with Crippen LogP contribution in [0.25, 0.3) is 0 Å². The van der Waals surface area contributed by atoms with Crippen molar-refractivity contribution in [1.82, 2.24) is 5.32 Å². The second-order valence-electron chi connectivity index (χ2n) is 5.27. The van der Waals surface area contributed by atoms with Gasteiger partial charge in [0.1, 0.15) is 0 Å². The fourth-order valence-corrected chi connectivity index (χ4v) is 3.05. The molecule has 1 nitrogen and oxygen atoms in total. The Bertz CT molecular complexity index is 390. The second kappa shape index (κ2) is 6.93.